The Morgan fingerprint density at radius 3 is 2.80 bits per heavy atom. The van der Waals surface area contributed by atoms with Gasteiger partial charge in [-0.3, -0.25) is 0 Å². The number of imidazole rings is 1. The number of hydrogen-bond donors (Lipinski definition) is 3. The molecule has 0 saturated heterocycles. The molecule has 0 bridgehead atoms. The van der Waals surface area contributed by atoms with Gasteiger partial charge < -0.3 is 20.4 Å². The molecule has 3 aromatic rings. The van der Waals surface area contributed by atoms with Crippen molar-refractivity contribution in [3.05, 3.63) is 53.6 Å². The molecular weight excluding hydrogens is 346 g/mol. The second-order valence-corrected chi connectivity index (χ2v) is 5.68. The summed E-state index contributed by atoms with van der Waals surface area (Å²) in [6.45, 7) is 0.257. The van der Waals surface area contributed by atoms with E-state index in [4.69, 9.17) is 17.0 Å². The molecule has 0 unspecified atom stereocenters. The van der Waals surface area contributed by atoms with E-state index in [1.165, 1.54) is 19.2 Å². The summed E-state index contributed by atoms with van der Waals surface area (Å²) in [5, 5.41) is 6.12. The molecule has 0 spiro atoms. The highest BCUT2D eigenvalue weighted by Crippen LogP contribution is 2.23. The van der Waals surface area contributed by atoms with Crippen LogP contribution in [0.1, 0.15) is 5.56 Å². The average molecular weight is 362 g/mol. The number of aromatic amines is 1. The van der Waals surface area contributed by atoms with Crippen LogP contribution in [0.25, 0.3) is 11.0 Å². The van der Waals surface area contributed by atoms with E-state index in [1.54, 1.807) is 0 Å². The lowest BCUT2D eigenvalue weighted by molar-refractivity contribution is 0.380. The van der Waals surface area contributed by atoms with Crippen molar-refractivity contribution >= 4 is 34.3 Å². The third-order valence-electron chi connectivity index (χ3n) is 3.65. The van der Waals surface area contributed by atoms with Crippen LogP contribution in [-0.2, 0) is 6.42 Å². The normalized spacial score (nSPS) is 10.7. The molecule has 130 valence electrons. The predicted molar refractivity (Wildman–Crippen MR) is 96.9 cm³/mol. The lowest BCUT2D eigenvalue weighted by atomic mass is 10.1. The van der Waals surface area contributed by atoms with Gasteiger partial charge in [0, 0.05) is 12.1 Å². The quantitative estimate of drug-likeness (QED) is 0.608. The average Bonchev–Trinajstić information content (AvgIpc) is 3.00. The summed E-state index contributed by atoms with van der Waals surface area (Å²) in [4.78, 5) is 7.42. The van der Waals surface area contributed by atoms with Crippen LogP contribution < -0.4 is 15.4 Å². The SMILES string of the molecule is COc1ccc(F)c(CCNC(=S)Nc2nc3ccccc3[nH]2)c1F. The second-order valence-electron chi connectivity index (χ2n) is 5.28. The Balaban J connectivity index is 1.58. The van der Waals surface area contributed by atoms with Crippen LogP contribution in [0.4, 0.5) is 14.7 Å². The van der Waals surface area contributed by atoms with Gasteiger partial charge in [-0.15, -0.1) is 0 Å². The van der Waals surface area contributed by atoms with Crippen LogP contribution in [0.2, 0.25) is 0 Å². The highest BCUT2D eigenvalue weighted by Gasteiger charge is 2.14. The minimum Gasteiger partial charge on any atom is -0.494 e. The number of fused-ring (bicyclic) bond motifs is 1. The first-order valence-electron chi connectivity index (χ1n) is 7.59. The maximum atomic E-state index is 14.1. The predicted octanol–water partition coefficient (Wildman–Crippen LogP) is 3.38. The highest BCUT2D eigenvalue weighted by molar-refractivity contribution is 7.80. The number of rotatable bonds is 5. The molecule has 8 heteroatoms. The van der Waals surface area contributed by atoms with Gasteiger partial charge >= 0.3 is 0 Å². The molecule has 0 radical (unpaired) electrons. The van der Waals surface area contributed by atoms with Gasteiger partial charge in [0.15, 0.2) is 16.7 Å². The number of thiocarbonyl (C=S) groups is 1. The topological polar surface area (TPSA) is 62.0 Å². The van der Waals surface area contributed by atoms with Crippen LogP contribution in [-0.4, -0.2) is 28.7 Å². The van der Waals surface area contributed by atoms with Gasteiger partial charge in [0.2, 0.25) is 5.95 Å². The van der Waals surface area contributed by atoms with Gasteiger partial charge in [-0.2, -0.15) is 0 Å². The Morgan fingerprint density at radius 2 is 2.04 bits per heavy atom. The summed E-state index contributed by atoms with van der Waals surface area (Å²) in [6.07, 6.45) is 0.122. The molecule has 0 fully saturated rings. The van der Waals surface area contributed by atoms with Gasteiger partial charge in [0.05, 0.1) is 18.1 Å². The second kappa shape index (κ2) is 7.43. The van der Waals surface area contributed by atoms with Crippen LogP contribution in [0.5, 0.6) is 5.75 Å². The first-order valence-corrected chi connectivity index (χ1v) is 8.00. The molecule has 1 aromatic heterocycles. The summed E-state index contributed by atoms with van der Waals surface area (Å²) in [5.41, 5.74) is 1.65. The molecule has 0 amide bonds. The van der Waals surface area contributed by atoms with E-state index in [0.29, 0.717) is 11.1 Å². The number of hydrogen-bond acceptors (Lipinski definition) is 3. The molecule has 25 heavy (non-hydrogen) atoms. The Kier molecular flexibility index (Phi) is 5.08. The van der Waals surface area contributed by atoms with Crippen molar-refractivity contribution in [2.75, 3.05) is 19.0 Å². The van der Waals surface area contributed by atoms with Crippen molar-refractivity contribution in [1.82, 2.24) is 15.3 Å². The Morgan fingerprint density at radius 1 is 1.24 bits per heavy atom. The summed E-state index contributed by atoms with van der Waals surface area (Å²) in [6, 6.07) is 10.0. The number of ether oxygens (including phenoxy) is 1. The fraction of sp³-hybridized carbons (Fsp3) is 0.176. The zero-order valence-corrected chi connectivity index (χ0v) is 14.2. The van der Waals surface area contributed by atoms with E-state index < -0.39 is 11.6 Å². The van der Waals surface area contributed by atoms with Crippen molar-refractivity contribution in [3.8, 4) is 5.75 Å². The van der Waals surface area contributed by atoms with Crippen molar-refractivity contribution < 1.29 is 13.5 Å². The number of H-pyrrole nitrogens is 1. The molecule has 0 atom stereocenters. The van der Waals surface area contributed by atoms with Crippen LogP contribution in [0.15, 0.2) is 36.4 Å². The van der Waals surface area contributed by atoms with Crippen molar-refractivity contribution in [2.24, 2.45) is 0 Å². The van der Waals surface area contributed by atoms with Gasteiger partial charge in [-0.25, -0.2) is 13.8 Å². The summed E-state index contributed by atoms with van der Waals surface area (Å²) in [5.74, 6) is -0.798. The smallest absolute Gasteiger partial charge is 0.207 e. The standard InChI is InChI=1S/C17H16F2N4OS/c1-24-14-7-6-11(18)10(15(14)19)8-9-20-17(25)23-16-21-12-4-2-3-5-13(12)22-16/h2-7H,8-9H2,1H3,(H3,20,21,22,23,25). The monoisotopic (exact) mass is 362 g/mol. The number of halogens is 2. The number of anilines is 1. The van der Waals surface area contributed by atoms with Crippen LogP contribution >= 0.6 is 12.2 Å². The number of para-hydroxylation sites is 2. The Bertz CT molecular complexity index is 880. The molecule has 0 aliphatic carbocycles. The fourth-order valence-corrected chi connectivity index (χ4v) is 2.63. The van der Waals surface area contributed by atoms with E-state index in [-0.39, 0.29) is 24.3 Å². The lowest BCUT2D eigenvalue weighted by Crippen LogP contribution is -2.30. The van der Waals surface area contributed by atoms with E-state index in [0.717, 1.165) is 11.0 Å². The number of methoxy groups -OCH3 is 1. The first kappa shape index (κ1) is 17.1. The van der Waals surface area contributed by atoms with Crippen molar-refractivity contribution in [2.45, 2.75) is 6.42 Å². The Labute approximate surface area is 148 Å². The van der Waals surface area contributed by atoms with Gasteiger partial charge in [-0.05, 0) is 42.9 Å². The summed E-state index contributed by atoms with van der Waals surface area (Å²) >= 11 is 5.18. The fourth-order valence-electron chi connectivity index (χ4n) is 2.43. The van der Waals surface area contributed by atoms with Gasteiger partial charge in [-0.1, -0.05) is 12.1 Å². The molecule has 2 aromatic carbocycles. The number of nitrogens with zero attached hydrogens (tertiary/aromatic N) is 1. The van der Waals surface area contributed by atoms with E-state index in [2.05, 4.69) is 20.6 Å². The maximum absolute atomic E-state index is 14.1. The molecule has 5 nitrogen and oxygen atoms in total. The molecule has 0 aliphatic heterocycles. The van der Waals surface area contributed by atoms with Gasteiger partial charge in [0.25, 0.3) is 0 Å². The Hall–Kier alpha value is -2.74. The molecular formula is C17H16F2N4OS. The van der Waals surface area contributed by atoms with Crippen molar-refractivity contribution in [3.63, 3.8) is 0 Å². The minimum absolute atomic E-state index is 0.0133. The van der Waals surface area contributed by atoms with Crippen molar-refractivity contribution in [1.29, 1.82) is 0 Å². The molecule has 3 N–H and O–H groups in total. The van der Waals surface area contributed by atoms with E-state index in [9.17, 15) is 8.78 Å². The zero-order valence-electron chi connectivity index (χ0n) is 13.4. The van der Waals surface area contributed by atoms with Gasteiger partial charge in [0.1, 0.15) is 5.82 Å². The third-order valence-corrected chi connectivity index (χ3v) is 3.90. The highest BCUT2D eigenvalue weighted by atomic mass is 32.1. The molecule has 3 rings (SSSR count). The number of nitrogens with one attached hydrogen (secondary N) is 3. The zero-order chi connectivity index (χ0) is 17.8. The lowest BCUT2D eigenvalue weighted by Gasteiger charge is -2.11. The first-order chi connectivity index (χ1) is 12.1. The summed E-state index contributed by atoms with van der Waals surface area (Å²) in [7, 11) is 1.34. The number of benzene rings is 2. The third kappa shape index (κ3) is 3.85. The maximum Gasteiger partial charge on any atom is 0.207 e. The van der Waals surface area contributed by atoms with Crippen LogP contribution in [0.3, 0.4) is 0 Å². The molecule has 0 saturated carbocycles. The van der Waals surface area contributed by atoms with E-state index >= 15 is 0 Å². The molecule has 0 aliphatic rings. The largest absolute Gasteiger partial charge is 0.494 e. The van der Waals surface area contributed by atoms with E-state index in [1.807, 2.05) is 24.3 Å². The molecule has 1 heterocycles. The van der Waals surface area contributed by atoms with Crippen LogP contribution in [0, 0.1) is 11.6 Å². The minimum atomic E-state index is -0.694. The number of aromatic nitrogens is 2. The summed E-state index contributed by atoms with van der Waals surface area (Å²) < 4.78 is 32.7.